The van der Waals surface area contributed by atoms with E-state index in [4.69, 9.17) is 0 Å². The zero-order valence-corrected chi connectivity index (χ0v) is 12.3. The molecule has 0 atom stereocenters. The third kappa shape index (κ3) is 3.62. The van der Waals surface area contributed by atoms with Gasteiger partial charge in [0.1, 0.15) is 5.69 Å². The van der Waals surface area contributed by atoms with Crippen molar-refractivity contribution < 1.29 is 9.59 Å². The molecular formula is C12H10BrN3O2S. The Balaban J connectivity index is 1.95. The van der Waals surface area contributed by atoms with Crippen LogP contribution in [0.2, 0.25) is 0 Å². The molecule has 5 nitrogen and oxygen atoms in total. The van der Waals surface area contributed by atoms with E-state index in [0.29, 0.717) is 5.56 Å². The molecule has 2 rings (SSSR count). The molecule has 0 aliphatic heterocycles. The Labute approximate surface area is 122 Å². The van der Waals surface area contributed by atoms with Crippen molar-refractivity contribution in [3.63, 3.8) is 0 Å². The summed E-state index contributed by atoms with van der Waals surface area (Å²) in [6, 6.07) is 6.87. The Morgan fingerprint density at radius 2 is 2.00 bits per heavy atom. The third-order valence-corrected chi connectivity index (χ3v) is 3.49. The Hall–Kier alpha value is -1.73. The number of rotatable bonds is 2. The van der Waals surface area contributed by atoms with Gasteiger partial charge in [-0.1, -0.05) is 22.0 Å². The lowest BCUT2D eigenvalue weighted by atomic mass is 10.2. The van der Waals surface area contributed by atoms with Gasteiger partial charge in [-0.15, -0.1) is 11.3 Å². The normalized spacial score (nSPS) is 10.0. The fourth-order valence-corrected chi connectivity index (χ4v) is 2.34. The number of aryl methyl sites for hydroxylation is 1. The minimum Gasteiger partial charge on any atom is -0.267 e. The van der Waals surface area contributed by atoms with Gasteiger partial charge in [0.2, 0.25) is 0 Å². The van der Waals surface area contributed by atoms with Crippen LogP contribution in [0.1, 0.15) is 25.9 Å². The van der Waals surface area contributed by atoms with Crippen LogP contribution in [0.3, 0.4) is 0 Å². The van der Waals surface area contributed by atoms with E-state index >= 15 is 0 Å². The van der Waals surface area contributed by atoms with Crippen LogP contribution in [0.4, 0.5) is 0 Å². The van der Waals surface area contributed by atoms with Crippen LogP contribution in [-0.2, 0) is 0 Å². The molecule has 0 aliphatic rings. The van der Waals surface area contributed by atoms with Crippen LogP contribution in [0.5, 0.6) is 0 Å². The van der Waals surface area contributed by atoms with Crippen LogP contribution in [0, 0.1) is 6.92 Å². The van der Waals surface area contributed by atoms with Gasteiger partial charge < -0.3 is 0 Å². The highest BCUT2D eigenvalue weighted by Gasteiger charge is 2.11. The molecule has 2 N–H and O–H groups in total. The average Bonchev–Trinajstić information content (AvgIpc) is 2.82. The number of nitrogens with zero attached hydrogens (tertiary/aromatic N) is 1. The second-order valence-electron chi connectivity index (χ2n) is 3.67. The van der Waals surface area contributed by atoms with Gasteiger partial charge in [-0.25, -0.2) is 4.98 Å². The zero-order valence-electron chi connectivity index (χ0n) is 9.94. The van der Waals surface area contributed by atoms with Crippen molar-refractivity contribution >= 4 is 39.1 Å². The van der Waals surface area contributed by atoms with E-state index < -0.39 is 5.91 Å². The van der Waals surface area contributed by atoms with Gasteiger partial charge in [0.05, 0.1) is 5.01 Å². The van der Waals surface area contributed by atoms with E-state index in [-0.39, 0.29) is 11.6 Å². The predicted molar refractivity (Wildman–Crippen MR) is 75.9 cm³/mol. The summed E-state index contributed by atoms with van der Waals surface area (Å²) in [4.78, 5) is 27.5. The number of carbonyl (C=O) groups excluding carboxylic acids is 2. The van der Waals surface area contributed by atoms with E-state index in [1.54, 1.807) is 23.6 Å². The maximum absolute atomic E-state index is 11.8. The Bertz CT molecular complexity index is 627. The Morgan fingerprint density at radius 3 is 2.63 bits per heavy atom. The van der Waals surface area contributed by atoms with Gasteiger partial charge in [-0.3, -0.25) is 20.4 Å². The van der Waals surface area contributed by atoms with E-state index in [2.05, 4.69) is 31.8 Å². The molecule has 0 saturated heterocycles. The fraction of sp³-hybridized carbons (Fsp3) is 0.0833. The number of carbonyl (C=O) groups is 2. The summed E-state index contributed by atoms with van der Waals surface area (Å²) >= 11 is 4.65. The van der Waals surface area contributed by atoms with Crippen LogP contribution in [0.25, 0.3) is 0 Å². The number of halogens is 1. The first kappa shape index (κ1) is 13.7. The summed E-state index contributed by atoms with van der Waals surface area (Å²) in [5.41, 5.74) is 5.40. The lowest BCUT2D eigenvalue weighted by Gasteiger charge is -2.06. The molecule has 2 aromatic rings. The number of amides is 2. The first-order valence-electron chi connectivity index (χ1n) is 5.34. The lowest BCUT2D eigenvalue weighted by molar-refractivity contribution is 0.0844. The molecule has 0 spiro atoms. The molecule has 0 aliphatic carbocycles. The molecule has 1 aromatic heterocycles. The van der Waals surface area contributed by atoms with Crippen LogP contribution in [0.15, 0.2) is 34.1 Å². The minimum absolute atomic E-state index is 0.289. The zero-order chi connectivity index (χ0) is 13.8. The van der Waals surface area contributed by atoms with Crippen molar-refractivity contribution in [2.45, 2.75) is 6.92 Å². The molecule has 1 heterocycles. The molecule has 2 amide bonds. The first-order valence-corrected chi connectivity index (χ1v) is 7.02. The monoisotopic (exact) mass is 339 g/mol. The number of hydrazine groups is 1. The fourth-order valence-electron chi connectivity index (χ4n) is 1.35. The highest BCUT2D eigenvalue weighted by atomic mass is 79.9. The van der Waals surface area contributed by atoms with Crippen molar-refractivity contribution in [3.8, 4) is 0 Å². The number of thiazole rings is 1. The first-order chi connectivity index (χ1) is 9.06. The van der Waals surface area contributed by atoms with Crippen molar-refractivity contribution in [1.29, 1.82) is 0 Å². The summed E-state index contributed by atoms with van der Waals surface area (Å²) in [7, 11) is 0. The maximum Gasteiger partial charge on any atom is 0.289 e. The predicted octanol–water partition coefficient (Wildman–Crippen LogP) is 2.29. The largest absolute Gasteiger partial charge is 0.289 e. The lowest BCUT2D eigenvalue weighted by Crippen LogP contribution is -2.41. The molecular weight excluding hydrogens is 330 g/mol. The van der Waals surface area contributed by atoms with Gasteiger partial charge in [0, 0.05) is 15.4 Å². The molecule has 0 saturated carbocycles. The number of aromatic nitrogens is 1. The Kier molecular flexibility index (Phi) is 4.28. The second kappa shape index (κ2) is 5.94. The Morgan fingerprint density at radius 1 is 1.26 bits per heavy atom. The van der Waals surface area contributed by atoms with E-state index in [0.717, 1.165) is 9.48 Å². The van der Waals surface area contributed by atoms with Crippen molar-refractivity contribution in [2.24, 2.45) is 0 Å². The maximum atomic E-state index is 11.8. The second-order valence-corrected chi connectivity index (χ2v) is 5.65. The molecule has 19 heavy (non-hydrogen) atoms. The molecule has 0 fully saturated rings. The topological polar surface area (TPSA) is 71.1 Å². The van der Waals surface area contributed by atoms with Crippen molar-refractivity contribution in [2.75, 3.05) is 0 Å². The van der Waals surface area contributed by atoms with E-state index in [1.165, 1.54) is 11.3 Å². The molecule has 1 aromatic carbocycles. The molecule has 0 unspecified atom stereocenters. The highest BCUT2D eigenvalue weighted by Crippen LogP contribution is 2.11. The summed E-state index contributed by atoms with van der Waals surface area (Å²) in [5, 5.41) is 2.43. The summed E-state index contributed by atoms with van der Waals surface area (Å²) in [5.74, 6) is -0.825. The van der Waals surface area contributed by atoms with Gasteiger partial charge in [-0.2, -0.15) is 0 Å². The molecule has 0 bridgehead atoms. The number of benzene rings is 1. The minimum atomic E-state index is -0.437. The number of nitrogens with one attached hydrogen (secondary N) is 2. The quantitative estimate of drug-likeness (QED) is 0.824. The summed E-state index contributed by atoms with van der Waals surface area (Å²) in [6.07, 6.45) is 0. The summed E-state index contributed by atoms with van der Waals surface area (Å²) < 4.78 is 0.793. The smallest absolute Gasteiger partial charge is 0.267 e. The number of hydrogen-bond donors (Lipinski definition) is 2. The van der Waals surface area contributed by atoms with E-state index in [1.807, 2.05) is 13.0 Å². The van der Waals surface area contributed by atoms with Crippen molar-refractivity contribution in [1.82, 2.24) is 15.8 Å². The van der Waals surface area contributed by atoms with Crippen LogP contribution >= 0.6 is 27.3 Å². The van der Waals surface area contributed by atoms with Gasteiger partial charge in [0.25, 0.3) is 11.8 Å². The number of hydrogen-bond acceptors (Lipinski definition) is 4. The third-order valence-electron chi connectivity index (χ3n) is 2.23. The van der Waals surface area contributed by atoms with E-state index in [9.17, 15) is 9.59 Å². The average molecular weight is 340 g/mol. The van der Waals surface area contributed by atoms with Gasteiger partial charge in [-0.05, 0) is 25.1 Å². The van der Waals surface area contributed by atoms with Crippen molar-refractivity contribution in [3.05, 3.63) is 50.4 Å². The van der Waals surface area contributed by atoms with Crippen LogP contribution < -0.4 is 10.9 Å². The highest BCUT2D eigenvalue weighted by molar-refractivity contribution is 9.10. The van der Waals surface area contributed by atoms with Gasteiger partial charge >= 0.3 is 0 Å². The van der Waals surface area contributed by atoms with Gasteiger partial charge in [0.15, 0.2) is 0 Å². The molecule has 0 radical (unpaired) electrons. The molecule has 7 heteroatoms. The van der Waals surface area contributed by atoms with Crippen LogP contribution in [-0.4, -0.2) is 16.8 Å². The molecule has 98 valence electrons. The standard InChI is InChI=1S/C12H10BrN3O2S/c1-7-14-10(6-19-7)12(18)16-15-11(17)8-3-2-4-9(13)5-8/h2-6H,1H3,(H,15,17)(H,16,18). The summed E-state index contributed by atoms with van der Waals surface area (Å²) in [6.45, 7) is 1.81. The SMILES string of the molecule is Cc1nc(C(=O)NNC(=O)c2cccc(Br)c2)cs1.